The van der Waals surface area contributed by atoms with E-state index in [1.54, 1.807) is 0 Å². The number of aromatic nitrogens is 3. The van der Waals surface area contributed by atoms with Gasteiger partial charge in [-0.25, -0.2) is 18.4 Å². The Morgan fingerprint density at radius 2 is 1.74 bits per heavy atom. The predicted molar refractivity (Wildman–Crippen MR) is 118 cm³/mol. The second kappa shape index (κ2) is 7.70. The van der Waals surface area contributed by atoms with E-state index in [9.17, 15) is 8.42 Å². The Balaban J connectivity index is 1.31. The summed E-state index contributed by atoms with van der Waals surface area (Å²) in [6.45, 7) is 5.87. The van der Waals surface area contributed by atoms with Gasteiger partial charge >= 0.3 is 0 Å². The number of anilines is 2. The van der Waals surface area contributed by atoms with E-state index in [0.29, 0.717) is 11.7 Å². The largest absolute Gasteiger partial charge is 0.474 e. The first kappa shape index (κ1) is 20.6. The molecule has 2 bridgehead atoms. The van der Waals surface area contributed by atoms with Crippen LogP contribution in [0.25, 0.3) is 0 Å². The normalized spacial score (nSPS) is 26.1. The summed E-state index contributed by atoms with van der Waals surface area (Å²) in [4.78, 5) is 13.2. The van der Waals surface area contributed by atoms with Crippen LogP contribution in [-0.2, 0) is 10.0 Å². The molecular formula is C22H29N5O3S. The molecule has 2 unspecified atom stereocenters. The highest BCUT2D eigenvalue weighted by atomic mass is 32.2. The number of sulfonamides is 1. The van der Waals surface area contributed by atoms with Crippen LogP contribution in [0, 0.1) is 20.8 Å². The molecule has 2 atom stereocenters. The molecule has 5 rings (SSSR count). The maximum Gasteiger partial charge on any atom is 0.221 e. The standard InChI is InChI=1S/C22H29N5O3S/c1-13-4-9-20(15(3)25-13)26-21-14(2)22(24-12-23-21)30-18-10-16-5-6-17(11-18)27(16)31(28,29)19-7-8-19/h4,9,12,16-19H,5-8,10-11H2,1-3H3,(H,23,24,26). The third kappa shape index (κ3) is 3.89. The van der Waals surface area contributed by atoms with Crippen molar-refractivity contribution >= 4 is 21.5 Å². The van der Waals surface area contributed by atoms with Gasteiger partial charge in [0.1, 0.15) is 18.2 Å². The van der Waals surface area contributed by atoms with Gasteiger partial charge in [-0.1, -0.05) is 0 Å². The molecule has 4 heterocycles. The van der Waals surface area contributed by atoms with Gasteiger partial charge in [-0.15, -0.1) is 0 Å². The average Bonchev–Trinajstić information content (AvgIpc) is 3.53. The minimum Gasteiger partial charge on any atom is -0.474 e. The lowest BCUT2D eigenvalue weighted by molar-refractivity contribution is 0.0910. The summed E-state index contributed by atoms with van der Waals surface area (Å²) in [5, 5.41) is 3.19. The molecule has 3 aliphatic rings. The Morgan fingerprint density at radius 1 is 1.03 bits per heavy atom. The monoisotopic (exact) mass is 443 g/mol. The van der Waals surface area contributed by atoms with Gasteiger partial charge in [0.25, 0.3) is 0 Å². The highest BCUT2D eigenvalue weighted by Gasteiger charge is 2.52. The van der Waals surface area contributed by atoms with E-state index in [0.717, 1.165) is 61.2 Å². The fraction of sp³-hybridized carbons (Fsp3) is 0.591. The van der Waals surface area contributed by atoms with Gasteiger partial charge in [0, 0.05) is 30.6 Å². The van der Waals surface area contributed by atoms with Gasteiger partial charge in [-0.3, -0.25) is 4.98 Å². The lowest BCUT2D eigenvalue weighted by Gasteiger charge is -2.37. The zero-order valence-corrected chi connectivity index (χ0v) is 19.0. The van der Waals surface area contributed by atoms with Crippen molar-refractivity contribution in [2.45, 2.75) is 82.7 Å². The maximum absolute atomic E-state index is 12.8. The van der Waals surface area contributed by atoms with Gasteiger partial charge in [-0.2, -0.15) is 4.31 Å². The molecule has 2 aromatic heterocycles. The molecule has 0 spiro atoms. The Labute approximate surface area is 183 Å². The summed E-state index contributed by atoms with van der Waals surface area (Å²) in [6.07, 6.45) is 6.37. The number of fused-ring (bicyclic) bond motifs is 2. The molecule has 0 aromatic carbocycles. The summed E-state index contributed by atoms with van der Waals surface area (Å²) in [5.41, 5.74) is 3.61. The molecule has 2 saturated heterocycles. The first-order valence-corrected chi connectivity index (χ1v) is 12.5. The van der Waals surface area contributed by atoms with Crippen LogP contribution in [0.1, 0.15) is 55.5 Å². The van der Waals surface area contributed by atoms with E-state index in [-0.39, 0.29) is 23.4 Å². The van der Waals surface area contributed by atoms with Crippen LogP contribution < -0.4 is 10.1 Å². The minimum absolute atomic E-state index is 0.0348. The molecule has 3 fully saturated rings. The molecule has 0 radical (unpaired) electrons. The molecule has 2 aliphatic heterocycles. The average molecular weight is 444 g/mol. The molecular weight excluding hydrogens is 414 g/mol. The minimum atomic E-state index is -3.14. The Kier molecular flexibility index (Phi) is 5.13. The Hall–Kier alpha value is -2.26. The fourth-order valence-corrected chi connectivity index (χ4v) is 7.21. The van der Waals surface area contributed by atoms with Crippen LogP contribution in [0.3, 0.4) is 0 Å². The van der Waals surface area contributed by atoms with Crippen molar-refractivity contribution in [3.05, 3.63) is 35.4 Å². The zero-order chi connectivity index (χ0) is 21.8. The third-order valence-electron chi connectivity index (χ3n) is 6.66. The van der Waals surface area contributed by atoms with Gasteiger partial charge < -0.3 is 10.1 Å². The highest BCUT2D eigenvalue weighted by molar-refractivity contribution is 7.90. The van der Waals surface area contributed by atoms with Gasteiger partial charge in [0.05, 0.1) is 22.2 Å². The van der Waals surface area contributed by atoms with Crippen molar-refractivity contribution in [2.75, 3.05) is 5.32 Å². The van der Waals surface area contributed by atoms with Crippen LogP contribution in [0.5, 0.6) is 5.88 Å². The number of hydrogen-bond acceptors (Lipinski definition) is 7. The van der Waals surface area contributed by atoms with Crippen LogP contribution in [0.4, 0.5) is 11.5 Å². The number of nitrogens with one attached hydrogen (secondary N) is 1. The predicted octanol–water partition coefficient (Wildman–Crippen LogP) is 3.41. The number of pyridine rings is 1. The van der Waals surface area contributed by atoms with Crippen molar-refractivity contribution in [1.82, 2.24) is 19.3 Å². The second-order valence-electron chi connectivity index (χ2n) is 9.03. The Bertz CT molecular complexity index is 1090. The Morgan fingerprint density at radius 3 is 2.39 bits per heavy atom. The van der Waals surface area contributed by atoms with E-state index < -0.39 is 10.0 Å². The lowest BCUT2D eigenvalue weighted by Crippen LogP contribution is -2.50. The second-order valence-corrected chi connectivity index (χ2v) is 11.2. The quantitative estimate of drug-likeness (QED) is 0.731. The van der Waals surface area contributed by atoms with Crippen LogP contribution in [-0.4, -0.2) is 51.1 Å². The van der Waals surface area contributed by atoms with Crippen molar-refractivity contribution in [3.63, 3.8) is 0 Å². The molecule has 1 aliphatic carbocycles. The number of hydrogen-bond donors (Lipinski definition) is 1. The van der Waals surface area contributed by atoms with E-state index in [1.807, 2.05) is 37.2 Å². The highest BCUT2D eigenvalue weighted by Crippen LogP contribution is 2.43. The van der Waals surface area contributed by atoms with Crippen LogP contribution in [0.15, 0.2) is 18.5 Å². The van der Waals surface area contributed by atoms with Crippen molar-refractivity contribution in [1.29, 1.82) is 0 Å². The van der Waals surface area contributed by atoms with E-state index in [2.05, 4.69) is 20.3 Å². The van der Waals surface area contributed by atoms with Crippen molar-refractivity contribution in [3.8, 4) is 5.88 Å². The summed E-state index contributed by atoms with van der Waals surface area (Å²) < 4.78 is 33.8. The summed E-state index contributed by atoms with van der Waals surface area (Å²) in [5.74, 6) is 1.24. The molecule has 31 heavy (non-hydrogen) atoms. The first-order chi connectivity index (χ1) is 14.8. The van der Waals surface area contributed by atoms with Gasteiger partial charge in [-0.05, 0) is 58.6 Å². The molecule has 1 N–H and O–H groups in total. The third-order valence-corrected chi connectivity index (χ3v) is 9.15. The topological polar surface area (TPSA) is 97.3 Å². The number of piperidine rings is 1. The molecule has 166 valence electrons. The number of ether oxygens (including phenoxy) is 1. The zero-order valence-electron chi connectivity index (χ0n) is 18.2. The molecule has 2 aromatic rings. The van der Waals surface area contributed by atoms with Crippen LogP contribution in [0.2, 0.25) is 0 Å². The van der Waals surface area contributed by atoms with Gasteiger partial charge in [0.15, 0.2) is 0 Å². The van der Waals surface area contributed by atoms with E-state index in [1.165, 1.54) is 6.33 Å². The van der Waals surface area contributed by atoms with Crippen molar-refractivity contribution in [2.24, 2.45) is 0 Å². The SMILES string of the molecule is Cc1ccc(Nc2ncnc(OC3CC4CCC(C3)N4S(=O)(=O)C3CC3)c2C)c(C)n1. The first-order valence-electron chi connectivity index (χ1n) is 11.0. The molecule has 1 saturated carbocycles. The van der Waals surface area contributed by atoms with Crippen LogP contribution >= 0.6 is 0 Å². The summed E-state index contributed by atoms with van der Waals surface area (Å²) >= 11 is 0. The fourth-order valence-electron chi connectivity index (χ4n) is 4.92. The maximum atomic E-state index is 12.8. The van der Waals surface area contributed by atoms with E-state index in [4.69, 9.17) is 4.74 Å². The van der Waals surface area contributed by atoms with Crippen molar-refractivity contribution < 1.29 is 13.2 Å². The smallest absolute Gasteiger partial charge is 0.221 e. The molecule has 9 heteroatoms. The number of aryl methyl sites for hydroxylation is 2. The molecule has 0 amide bonds. The number of nitrogens with zero attached hydrogens (tertiary/aromatic N) is 4. The molecule has 8 nitrogen and oxygen atoms in total. The lowest BCUT2D eigenvalue weighted by atomic mass is 10.0. The summed E-state index contributed by atoms with van der Waals surface area (Å²) in [7, 11) is -3.14. The van der Waals surface area contributed by atoms with E-state index >= 15 is 0 Å². The van der Waals surface area contributed by atoms with Gasteiger partial charge in [0.2, 0.25) is 15.9 Å². The summed E-state index contributed by atoms with van der Waals surface area (Å²) in [6, 6.07) is 4.06. The number of rotatable bonds is 6.